The first-order valence-corrected chi connectivity index (χ1v) is 8.94. The maximum Gasteiger partial charge on any atom is 0.325 e. The minimum Gasteiger partial charge on any atom is -0.456 e. The van der Waals surface area contributed by atoms with Gasteiger partial charge in [-0.25, -0.2) is 0 Å². The highest BCUT2D eigenvalue weighted by molar-refractivity contribution is 7.98. The Hall–Kier alpha value is -2.60. The van der Waals surface area contributed by atoms with E-state index in [2.05, 4.69) is 5.32 Å². The van der Waals surface area contributed by atoms with Gasteiger partial charge in [-0.05, 0) is 24.0 Å². The van der Waals surface area contributed by atoms with Gasteiger partial charge in [0, 0.05) is 10.5 Å². The molecule has 1 N–H and O–H groups in total. The van der Waals surface area contributed by atoms with Gasteiger partial charge < -0.3 is 10.1 Å². The predicted octanol–water partition coefficient (Wildman–Crippen LogP) is 2.49. The molecular weight excluding hydrogens is 338 g/mol. The van der Waals surface area contributed by atoms with Crippen LogP contribution in [0.2, 0.25) is 0 Å². The van der Waals surface area contributed by atoms with Crippen LogP contribution in [0.5, 0.6) is 0 Å². The van der Waals surface area contributed by atoms with Crippen molar-refractivity contribution in [2.45, 2.75) is 11.3 Å². The number of rotatable bonds is 8. The summed E-state index contributed by atoms with van der Waals surface area (Å²) >= 11 is 1.58. The van der Waals surface area contributed by atoms with Crippen LogP contribution < -0.4 is 5.32 Å². The normalized spacial score (nSPS) is 10.1. The summed E-state index contributed by atoms with van der Waals surface area (Å²) in [6, 6.07) is 16.3. The molecule has 1 amide bonds. The molecule has 0 bridgehead atoms. The van der Waals surface area contributed by atoms with Gasteiger partial charge in [-0.1, -0.05) is 42.5 Å². The Morgan fingerprint density at radius 1 is 1.00 bits per heavy atom. The number of esters is 1. The fourth-order valence-electron chi connectivity index (χ4n) is 2.07. The summed E-state index contributed by atoms with van der Waals surface area (Å²) in [6.45, 7) is -0.601. The number of ether oxygens (including phenoxy) is 1. The van der Waals surface area contributed by atoms with Gasteiger partial charge in [0.15, 0.2) is 12.4 Å². The second-order valence-electron chi connectivity index (χ2n) is 5.25. The summed E-state index contributed by atoms with van der Waals surface area (Å²) in [4.78, 5) is 36.4. The maximum atomic E-state index is 12.0. The van der Waals surface area contributed by atoms with Crippen molar-refractivity contribution >= 4 is 29.4 Å². The van der Waals surface area contributed by atoms with E-state index >= 15 is 0 Å². The molecule has 0 fully saturated rings. The van der Waals surface area contributed by atoms with E-state index < -0.39 is 5.97 Å². The maximum absolute atomic E-state index is 12.0. The van der Waals surface area contributed by atoms with Crippen molar-refractivity contribution in [2.75, 3.05) is 19.4 Å². The molecule has 0 aliphatic rings. The molecule has 0 aromatic heterocycles. The third-order valence-corrected chi connectivity index (χ3v) is 4.16. The number of amides is 1. The molecule has 6 heteroatoms. The molecule has 130 valence electrons. The minimum atomic E-state index is -0.643. The number of ketones is 1. The lowest BCUT2D eigenvalue weighted by molar-refractivity contribution is -0.142. The van der Waals surface area contributed by atoms with E-state index in [1.165, 1.54) is 0 Å². The quantitative estimate of drug-likeness (QED) is 0.446. The van der Waals surface area contributed by atoms with Crippen molar-refractivity contribution in [3.63, 3.8) is 0 Å². The first kappa shape index (κ1) is 18.7. The number of nitrogens with one attached hydrogen (secondary N) is 1. The van der Waals surface area contributed by atoms with Gasteiger partial charge in [0.05, 0.1) is 6.42 Å². The van der Waals surface area contributed by atoms with Crippen LogP contribution in [0.4, 0.5) is 0 Å². The van der Waals surface area contributed by atoms with Crippen LogP contribution >= 0.6 is 11.8 Å². The fraction of sp³-hybridized carbons (Fsp3) is 0.211. The number of benzene rings is 2. The average Bonchev–Trinajstić information content (AvgIpc) is 2.65. The van der Waals surface area contributed by atoms with Crippen molar-refractivity contribution in [3.05, 3.63) is 65.7 Å². The Balaban J connectivity index is 1.71. The van der Waals surface area contributed by atoms with E-state index in [0.717, 1.165) is 10.5 Å². The van der Waals surface area contributed by atoms with Crippen molar-refractivity contribution in [2.24, 2.45) is 0 Å². The molecule has 0 saturated carbocycles. The Bertz CT molecular complexity index is 729. The lowest BCUT2D eigenvalue weighted by Crippen LogP contribution is -2.32. The zero-order valence-electron chi connectivity index (χ0n) is 13.9. The van der Waals surface area contributed by atoms with Crippen molar-refractivity contribution in [3.8, 4) is 0 Å². The van der Waals surface area contributed by atoms with E-state index in [-0.39, 0.29) is 31.3 Å². The van der Waals surface area contributed by atoms with E-state index in [0.29, 0.717) is 5.56 Å². The number of Topliss-reactive ketones (excluding diaryl/α,β-unsaturated/α-hetero) is 1. The van der Waals surface area contributed by atoms with E-state index in [1.807, 2.05) is 48.7 Å². The molecule has 2 aromatic carbocycles. The van der Waals surface area contributed by atoms with Gasteiger partial charge >= 0.3 is 5.97 Å². The van der Waals surface area contributed by atoms with Crippen LogP contribution in [0.25, 0.3) is 0 Å². The third kappa shape index (κ3) is 6.43. The summed E-state index contributed by atoms with van der Waals surface area (Å²) in [7, 11) is 0. The van der Waals surface area contributed by atoms with Crippen molar-refractivity contribution < 1.29 is 19.1 Å². The molecular formula is C19H19NO4S. The lowest BCUT2D eigenvalue weighted by Gasteiger charge is -2.07. The molecule has 0 unspecified atom stereocenters. The van der Waals surface area contributed by atoms with Gasteiger partial charge in [0.2, 0.25) is 5.91 Å². The van der Waals surface area contributed by atoms with Crippen LogP contribution in [0.15, 0.2) is 59.5 Å². The Morgan fingerprint density at radius 3 is 2.32 bits per heavy atom. The SMILES string of the molecule is CSc1ccc(C(=O)COC(=O)CNC(=O)Cc2ccccc2)cc1. The second-order valence-corrected chi connectivity index (χ2v) is 6.13. The van der Waals surface area contributed by atoms with Gasteiger partial charge in [-0.15, -0.1) is 11.8 Å². The monoisotopic (exact) mass is 357 g/mol. The highest BCUT2D eigenvalue weighted by atomic mass is 32.2. The molecule has 5 nitrogen and oxygen atoms in total. The number of hydrogen-bond acceptors (Lipinski definition) is 5. The van der Waals surface area contributed by atoms with Crippen molar-refractivity contribution in [1.82, 2.24) is 5.32 Å². The molecule has 0 radical (unpaired) electrons. The summed E-state index contributed by atoms with van der Waals surface area (Å²) in [5, 5.41) is 2.48. The molecule has 25 heavy (non-hydrogen) atoms. The average molecular weight is 357 g/mol. The van der Waals surface area contributed by atoms with Crippen LogP contribution in [0.1, 0.15) is 15.9 Å². The van der Waals surface area contributed by atoms with E-state index in [4.69, 9.17) is 4.74 Å². The minimum absolute atomic E-state index is 0.189. The summed E-state index contributed by atoms with van der Waals surface area (Å²) in [5.41, 5.74) is 1.34. The molecule has 0 saturated heterocycles. The Morgan fingerprint density at radius 2 is 1.68 bits per heavy atom. The number of carbonyl (C=O) groups excluding carboxylic acids is 3. The van der Waals surface area contributed by atoms with E-state index in [1.54, 1.807) is 23.9 Å². The van der Waals surface area contributed by atoms with Gasteiger partial charge in [-0.2, -0.15) is 0 Å². The fourth-order valence-corrected chi connectivity index (χ4v) is 2.48. The highest BCUT2D eigenvalue weighted by Gasteiger charge is 2.11. The van der Waals surface area contributed by atoms with Crippen LogP contribution in [0, 0.1) is 0 Å². The van der Waals surface area contributed by atoms with E-state index in [9.17, 15) is 14.4 Å². The second kappa shape index (κ2) is 9.64. The largest absolute Gasteiger partial charge is 0.456 e. The summed E-state index contributed by atoms with van der Waals surface area (Å²) < 4.78 is 4.91. The van der Waals surface area contributed by atoms with Gasteiger partial charge in [0.25, 0.3) is 0 Å². The van der Waals surface area contributed by atoms with Crippen molar-refractivity contribution in [1.29, 1.82) is 0 Å². The molecule has 2 aromatic rings. The van der Waals surface area contributed by atoms with Gasteiger partial charge in [0.1, 0.15) is 6.54 Å². The predicted molar refractivity (Wildman–Crippen MR) is 96.7 cm³/mol. The zero-order chi connectivity index (χ0) is 18.1. The molecule has 2 rings (SSSR count). The third-order valence-electron chi connectivity index (χ3n) is 3.41. The zero-order valence-corrected chi connectivity index (χ0v) is 14.7. The smallest absolute Gasteiger partial charge is 0.325 e. The molecule has 0 aliphatic carbocycles. The van der Waals surface area contributed by atoms with Crippen LogP contribution in [-0.2, 0) is 20.7 Å². The summed E-state index contributed by atoms with van der Waals surface area (Å²) in [5.74, 6) is -1.20. The molecule has 0 atom stereocenters. The first-order chi connectivity index (χ1) is 12.1. The standard InChI is InChI=1S/C19H19NO4S/c1-25-16-9-7-15(8-10-16)17(21)13-24-19(23)12-20-18(22)11-14-5-3-2-4-6-14/h2-10H,11-13H2,1H3,(H,20,22). The first-order valence-electron chi connectivity index (χ1n) is 7.72. The van der Waals surface area contributed by atoms with Crippen LogP contribution in [-0.4, -0.2) is 37.1 Å². The number of hydrogen-bond donors (Lipinski definition) is 1. The number of thioether (sulfide) groups is 1. The summed E-state index contributed by atoms with van der Waals surface area (Å²) in [6.07, 6.45) is 2.14. The van der Waals surface area contributed by atoms with Gasteiger partial charge in [-0.3, -0.25) is 14.4 Å². The molecule has 0 aliphatic heterocycles. The van der Waals surface area contributed by atoms with Crippen LogP contribution in [0.3, 0.4) is 0 Å². The highest BCUT2D eigenvalue weighted by Crippen LogP contribution is 2.15. The lowest BCUT2D eigenvalue weighted by atomic mass is 10.1. The molecule has 0 heterocycles. The molecule has 0 spiro atoms. The Labute approximate surface area is 150 Å². The Kier molecular flexibility index (Phi) is 7.22. The number of carbonyl (C=O) groups is 3. The topological polar surface area (TPSA) is 72.5 Å².